The monoisotopic (exact) mass is 291 g/mol. The van der Waals surface area contributed by atoms with Crippen molar-refractivity contribution in [3.63, 3.8) is 0 Å². The van der Waals surface area contributed by atoms with Gasteiger partial charge in [0.2, 0.25) is 11.2 Å². The number of hydrogen-bond donors (Lipinski definition) is 0. The molecule has 1 aliphatic rings. The Morgan fingerprint density at radius 3 is 2.80 bits per heavy atom. The first-order valence-corrected chi connectivity index (χ1v) is 7.41. The molecule has 0 bridgehead atoms. The smallest absolute Gasteiger partial charge is 0.242 e. The van der Waals surface area contributed by atoms with E-state index < -0.39 is 0 Å². The highest BCUT2D eigenvalue weighted by atomic mass is 35.5. The first-order chi connectivity index (χ1) is 9.65. The zero-order valence-corrected chi connectivity index (χ0v) is 12.3. The van der Waals surface area contributed by atoms with E-state index in [1.54, 1.807) is 4.57 Å². The third kappa shape index (κ3) is 2.52. The SMILES string of the molecule is CC1CCN(C(=O)Cn2c(Cl)nc3ccccc32)CC1. The van der Waals surface area contributed by atoms with Crippen LogP contribution in [0.25, 0.3) is 11.0 Å². The van der Waals surface area contributed by atoms with E-state index in [0.717, 1.165) is 42.9 Å². The van der Waals surface area contributed by atoms with E-state index in [9.17, 15) is 4.79 Å². The maximum Gasteiger partial charge on any atom is 0.242 e. The molecule has 1 saturated heterocycles. The van der Waals surface area contributed by atoms with Crippen LogP contribution < -0.4 is 0 Å². The Hall–Kier alpha value is -1.55. The van der Waals surface area contributed by atoms with E-state index in [1.165, 1.54) is 0 Å². The van der Waals surface area contributed by atoms with Gasteiger partial charge in [0, 0.05) is 13.1 Å². The lowest BCUT2D eigenvalue weighted by Crippen LogP contribution is -2.39. The van der Waals surface area contributed by atoms with Gasteiger partial charge in [-0.3, -0.25) is 4.79 Å². The van der Waals surface area contributed by atoms with E-state index >= 15 is 0 Å². The van der Waals surface area contributed by atoms with Gasteiger partial charge in [-0.2, -0.15) is 0 Å². The van der Waals surface area contributed by atoms with Crippen molar-refractivity contribution >= 4 is 28.5 Å². The lowest BCUT2D eigenvalue weighted by molar-refractivity contribution is -0.133. The van der Waals surface area contributed by atoms with Gasteiger partial charge in [-0.15, -0.1) is 0 Å². The van der Waals surface area contributed by atoms with Crippen molar-refractivity contribution in [2.45, 2.75) is 26.3 Å². The minimum absolute atomic E-state index is 0.127. The van der Waals surface area contributed by atoms with Crippen molar-refractivity contribution < 1.29 is 4.79 Å². The number of imidazole rings is 1. The first kappa shape index (κ1) is 13.4. The highest BCUT2D eigenvalue weighted by Gasteiger charge is 2.21. The molecule has 1 aromatic carbocycles. The number of carbonyl (C=O) groups excluding carboxylic acids is 1. The van der Waals surface area contributed by atoms with Crippen molar-refractivity contribution in [3.8, 4) is 0 Å². The number of nitrogens with zero attached hydrogens (tertiary/aromatic N) is 3. The molecule has 2 heterocycles. The summed E-state index contributed by atoms with van der Waals surface area (Å²) in [5, 5.41) is 0.380. The van der Waals surface area contributed by atoms with Crippen molar-refractivity contribution in [1.82, 2.24) is 14.5 Å². The molecule has 0 atom stereocenters. The van der Waals surface area contributed by atoms with Gasteiger partial charge in [0.05, 0.1) is 11.0 Å². The van der Waals surface area contributed by atoms with Crippen molar-refractivity contribution in [1.29, 1.82) is 0 Å². The van der Waals surface area contributed by atoms with E-state index in [2.05, 4.69) is 11.9 Å². The molecule has 106 valence electrons. The number of carbonyl (C=O) groups is 1. The highest BCUT2D eigenvalue weighted by molar-refractivity contribution is 6.29. The van der Waals surface area contributed by atoms with Crippen LogP contribution in [-0.2, 0) is 11.3 Å². The summed E-state index contributed by atoms with van der Waals surface area (Å²) in [7, 11) is 0. The molecular weight excluding hydrogens is 274 g/mol. The minimum atomic E-state index is 0.127. The zero-order chi connectivity index (χ0) is 14.1. The second kappa shape index (κ2) is 5.44. The summed E-state index contributed by atoms with van der Waals surface area (Å²) in [6.07, 6.45) is 2.17. The molecule has 0 spiro atoms. The fraction of sp³-hybridized carbons (Fsp3) is 0.467. The molecule has 20 heavy (non-hydrogen) atoms. The third-order valence-corrected chi connectivity index (χ3v) is 4.33. The molecule has 0 aliphatic carbocycles. The van der Waals surface area contributed by atoms with Crippen molar-refractivity contribution in [2.75, 3.05) is 13.1 Å². The number of para-hydroxylation sites is 2. The molecule has 4 nitrogen and oxygen atoms in total. The summed E-state index contributed by atoms with van der Waals surface area (Å²) in [6.45, 7) is 4.21. The molecule has 2 aromatic rings. The normalized spacial score (nSPS) is 16.8. The lowest BCUT2D eigenvalue weighted by atomic mass is 9.99. The number of amides is 1. The summed E-state index contributed by atoms with van der Waals surface area (Å²) in [5.41, 5.74) is 1.74. The number of piperidine rings is 1. The Labute approximate surface area is 123 Å². The summed E-state index contributed by atoms with van der Waals surface area (Å²) in [5.74, 6) is 0.846. The van der Waals surface area contributed by atoms with Crippen LogP contribution in [0.4, 0.5) is 0 Å². The van der Waals surface area contributed by atoms with Gasteiger partial charge < -0.3 is 9.47 Å². The minimum Gasteiger partial charge on any atom is -0.341 e. The molecular formula is C15H18ClN3O. The molecule has 1 fully saturated rings. The highest BCUT2D eigenvalue weighted by Crippen LogP contribution is 2.21. The number of benzene rings is 1. The van der Waals surface area contributed by atoms with Gasteiger partial charge in [0.1, 0.15) is 6.54 Å². The zero-order valence-electron chi connectivity index (χ0n) is 11.6. The fourth-order valence-corrected chi connectivity index (χ4v) is 2.93. The molecule has 1 amide bonds. The van der Waals surface area contributed by atoms with Gasteiger partial charge in [0.15, 0.2) is 0 Å². The quantitative estimate of drug-likeness (QED) is 0.853. The van der Waals surface area contributed by atoms with Crippen molar-refractivity contribution in [3.05, 3.63) is 29.5 Å². The average molecular weight is 292 g/mol. The van der Waals surface area contributed by atoms with Crippen LogP contribution in [0.15, 0.2) is 24.3 Å². The maximum atomic E-state index is 12.4. The predicted molar refractivity (Wildman–Crippen MR) is 79.7 cm³/mol. The molecule has 1 aromatic heterocycles. The number of hydrogen-bond acceptors (Lipinski definition) is 2. The van der Waals surface area contributed by atoms with Crippen LogP contribution in [0, 0.1) is 5.92 Å². The Morgan fingerprint density at radius 1 is 1.35 bits per heavy atom. The Bertz CT molecular complexity index is 629. The second-order valence-corrected chi connectivity index (χ2v) is 5.86. The number of fused-ring (bicyclic) bond motifs is 1. The van der Waals surface area contributed by atoms with E-state index in [1.807, 2.05) is 29.2 Å². The summed E-state index contributed by atoms with van der Waals surface area (Å²) >= 11 is 6.15. The van der Waals surface area contributed by atoms with Gasteiger partial charge >= 0.3 is 0 Å². The van der Waals surface area contributed by atoms with Gasteiger partial charge in [-0.05, 0) is 42.5 Å². The van der Waals surface area contributed by atoms with Crippen LogP contribution in [0.3, 0.4) is 0 Å². The van der Waals surface area contributed by atoms with Crippen LogP contribution in [-0.4, -0.2) is 33.4 Å². The predicted octanol–water partition coefficient (Wildman–Crippen LogP) is 2.95. The van der Waals surface area contributed by atoms with Gasteiger partial charge in [0.25, 0.3) is 0 Å². The van der Waals surface area contributed by atoms with Crippen molar-refractivity contribution in [2.24, 2.45) is 5.92 Å². The van der Waals surface area contributed by atoms with Crippen LogP contribution in [0.1, 0.15) is 19.8 Å². The van der Waals surface area contributed by atoms with E-state index in [4.69, 9.17) is 11.6 Å². The second-order valence-electron chi connectivity index (χ2n) is 5.52. The largest absolute Gasteiger partial charge is 0.341 e. The molecule has 3 rings (SSSR count). The number of rotatable bonds is 2. The lowest BCUT2D eigenvalue weighted by Gasteiger charge is -2.30. The number of halogens is 1. The Kier molecular flexibility index (Phi) is 3.66. The Balaban J connectivity index is 1.79. The van der Waals surface area contributed by atoms with Crippen LogP contribution >= 0.6 is 11.6 Å². The third-order valence-electron chi connectivity index (χ3n) is 4.04. The van der Waals surface area contributed by atoms with E-state index in [0.29, 0.717) is 5.28 Å². The van der Waals surface area contributed by atoms with Crippen LogP contribution in [0.2, 0.25) is 5.28 Å². The fourth-order valence-electron chi connectivity index (χ4n) is 2.69. The van der Waals surface area contributed by atoms with Gasteiger partial charge in [-0.1, -0.05) is 19.1 Å². The molecule has 5 heteroatoms. The maximum absolute atomic E-state index is 12.4. The summed E-state index contributed by atoms with van der Waals surface area (Å²) in [4.78, 5) is 18.6. The first-order valence-electron chi connectivity index (χ1n) is 7.03. The number of aromatic nitrogens is 2. The molecule has 0 unspecified atom stereocenters. The van der Waals surface area contributed by atoms with Gasteiger partial charge in [-0.25, -0.2) is 4.98 Å². The molecule has 0 radical (unpaired) electrons. The average Bonchev–Trinajstić information content (AvgIpc) is 2.76. The molecule has 0 saturated carbocycles. The summed E-state index contributed by atoms with van der Waals surface area (Å²) in [6, 6.07) is 7.71. The molecule has 0 N–H and O–H groups in total. The Morgan fingerprint density at radius 2 is 2.05 bits per heavy atom. The van der Waals surface area contributed by atoms with Crippen LogP contribution in [0.5, 0.6) is 0 Å². The number of likely N-dealkylation sites (tertiary alicyclic amines) is 1. The topological polar surface area (TPSA) is 38.1 Å². The standard InChI is InChI=1S/C15H18ClN3O/c1-11-6-8-18(9-7-11)14(20)10-19-13-5-3-2-4-12(13)17-15(19)16/h2-5,11H,6-10H2,1H3. The summed E-state index contributed by atoms with van der Waals surface area (Å²) < 4.78 is 1.79. The molecule has 1 aliphatic heterocycles. The van der Waals surface area contributed by atoms with E-state index in [-0.39, 0.29) is 12.5 Å².